The average Bonchev–Trinajstić information content (AvgIpc) is 2.89. The van der Waals surface area contributed by atoms with Crippen LogP contribution in [-0.4, -0.2) is 12.1 Å². The summed E-state index contributed by atoms with van der Waals surface area (Å²) in [5, 5.41) is 3.03. The molecule has 3 nitrogen and oxygen atoms in total. The lowest BCUT2D eigenvalue weighted by Gasteiger charge is -2.04. The molecular formula is C14H9F3N2OS. The van der Waals surface area contributed by atoms with Gasteiger partial charge in [0.05, 0.1) is 23.0 Å². The molecule has 3 aromatic rings. The number of hydrogen-bond acceptors (Lipinski definition) is 4. The van der Waals surface area contributed by atoms with Crippen molar-refractivity contribution >= 4 is 32.4 Å². The molecule has 2 aromatic carbocycles. The largest absolute Gasteiger partial charge is 0.497 e. The first-order valence-corrected chi connectivity index (χ1v) is 6.75. The Morgan fingerprint density at radius 3 is 2.67 bits per heavy atom. The summed E-state index contributed by atoms with van der Waals surface area (Å²) >= 11 is 1.26. The third-order valence-electron chi connectivity index (χ3n) is 2.87. The quantitative estimate of drug-likeness (QED) is 0.725. The van der Waals surface area contributed by atoms with Crippen LogP contribution in [0.25, 0.3) is 10.2 Å². The second-order valence-electron chi connectivity index (χ2n) is 4.20. The van der Waals surface area contributed by atoms with E-state index < -0.39 is 17.5 Å². The van der Waals surface area contributed by atoms with Crippen LogP contribution in [0.2, 0.25) is 0 Å². The van der Waals surface area contributed by atoms with Crippen molar-refractivity contribution in [2.45, 2.75) is 0 Å². The minimum absolute atomic E-state index is 0.167. The van der Waals surface area contributed by atoms with Gasteiger partial charge in [-0.1, -0.05) is 11.3 Å². The lowest BCUT2D eigenvalue weighted by atomic mass is 10.3. The van der Waals surface area contributed by atoms with Crippen molar-refractivity contribution in [2.75, 3.05) is 12.4 Å². The zero-order valence-corrected chi connectivity index (χ0v) is 11.6. The molecule has 1 heterocycles. The Bertz CT molecular complexity index is 819. The van der Waals surface area contributed by atoms with Crippen molar-refractivity contribution in [3.05, 3.63) is 47.8 Å². The van der Waals surface area contributed by atoms with Crippen LogP contribution in [0.1, 0.15) is 0 Å². The van der Waals surface area contributed by atoms with Crippen molar-refractivity contribution in [3.8, 4) is 5.75 Å². The molecule has 1 N–H and O–H groups in total. The van der Waals surface area contributed by atoms with Crippen molar-refractivity contribution < 1.29 is 17.9 Å². The zero-order chi connectivity index (χ0) is 15.0. The molecule has 0 aliphatic carbocycles. The van der Waals surface area contributed by atoms with Gasteiger partial charge in [0.2, 0.25) is 0 Å². The van der Waals surface area contributed by atoms with Crippen LogP contribution in [-0.2, 0) is 0 Å². The molecular weight excluding hydrogens is 301 g/mol. The number of ether oxygens (including phenoxy) is 1. The Hall–Kier alpha value is -2.28. The predicted octanol–water partition coefficient (Wildman–Crippen LogP) is 4.47. The second-order valence-corrected chi connectivity index (χ2v) is 5.23. The number of nitrogens with one attached hydrogen (secondary N) is 1. The predicted molar refractivity (Wildman–Crippen MR) is 75.8 cm³/mol. The number of rotatable bonds is 3. The van der Waals surface area contributed by atoms with E-state index in [9.17, 15) is 13.2 Å². The van der Waals surface area contributed by atoms with Gasteiger partial charge in [-0.25, -0.2) is 18.2 Å². The molecule has 0 saturated carbocycles. The Kier molecular flexibility index (Phi) is 3.42. The third kappa shape index (κ3) is 2.52. The Morgan fingerprint density at radius 2 is 1.90 bits per heavy atom. The molecule has 0 saturated heterocycles. The monoisotopic (exact) mass is 310 g/mol. The van der Waals surface area contributed by atoms with Crippen molar-refractivity contribution in [1.29, 1.82) is 0 Å². The minimum Gasteiger partial charge on any atom is -0.497 e. The van der Waals surface area contributed by atoms with E-state index in [1.54, 1.807) is 25.3 Å². The number of hydrogen-bond donors (Lipinski definition) is 1. The SMILES string of the molecule is COc1ccc2nc(Nc3ccc(F)c(F)c3F)sc2c1. The molecule has 108 valence electrons. The summed E-state index contributed by atoms with van der Waals surface area (Å²) in [6.45, 7) is 0. The van der Waals surface area contributed by atoms with Gasteiger partial charge in [-0.3, -0.25) is 0 Å². The molecule has 0 spiro atoms. The topological polar surface area (TPSA) is 34.1 Å². The van der Waals surface area contributed by atoms with Crippen LogP contribution in [0.3, 0.4) is 0 Å². The highest BCUT2D eigenvalue weighted by atomic mass is 32.1. The molecule has 0 amide bonds. The highest BCUT2D eigenvalue weighted by Crippen LogP contribution is 2.32. The van der Waals surface area contributed by atoms with Gasteiger partial charge in [-0.2, -0.15) is 0 Å². The summed E-state index contributed by atoms with van der Waals surface area (Å²) in [4.78, 5) is 4.25. The number of aromatic nitrogens is 1. The number of halogens is 3. The van der Waals surface area contributed by atoms with Gasteiger partial charge in [0.25, 0.3) is 0 Å². The highest BCUT2D eigenvalue weighted by Gasteiger charge is 2.14. The summed E-state index contributed by atoms with van der Waals surface area (Å²) in [7, 11) is 1.55. The van der Waals surface area contributed by atoms with E-state index >= 15 is 0 Å². The third-order valence-corrected chi connectivity index (χ3v) is 3.81. The minimum atomic E-state index is -1.51. The first kappa shape index (κ1) is 13.7. The van der Waals surface area contributed by atoms with Gasteiger partial charge in [-0.05, 0) is 30.3 Å². The molecule has 7 heteroatoms. The van der Waals surface area contributed by atoms with Gasteiger partial charge < -0.3 is 10.1 Å². The van der Waals surface area contributed by atoms with E-state index in [0.29, 0.717) is 16.4 Å². The maximum atomic E-state index is 13.6. The van der Waals surface area contributed by atoms with Gasteiger partial charge in [0.15, 0.2) is 22.6 Å². The summed E-state index contributed by atoms with van der Waals surface area (Å²) < 4.78 is 45.6. The van der Waals surface area contributed by atoms with E-state index in [4.69, 9.17) is 4.74 Å². The van der Waals surface area contributed by atoms with E-state index in [2.05, 4.69) is 10.3 Å². The molecule has 0 fully saturated rings. The normalized spacial score (nSPS) is 10.9. The molecule has 0 aliphatic heterocycles. The molecule has 0 unspecified atom stereocenters. The van der Waals surface area contributed by atoms with Crippen molar-refractivity contribution in [2.24, 2.45) is 0 Å². The summed E-state index contributed by atoms with van der Waals surface area (Å²) in [6, 6.07) is 7.29. The average molecular weight is 310 g/mol. The van der Waals surface area contributed by atoms with E-state index in [0.717, 1.165) is 16.8 Å². The number of thiazole rings is 1. The maximum absolute atomic E-state index is 13.6. The van der Waals surface area contributed by atoms with Gasteiger partial charge in [-0.15, -0.1) is 0 Å². The van der Waals surface area contributed by atoms with Crippen LogP contribution in [0.5, 0.6) is 5.75 Å². The Morgan fingerprint density at radius 1 is 1.10 bits per heavy atom. The number of benzene rings is 2. The molecule has 1 aromatic heterocycles. The maximum Gasteiger partial charge on any atom is 0.196 e. The number of nitrogens with zero attached hydrogens (tertiary/aromatic N) is 1. The van der Waals surface area contributed by atoms with Crippen LogP contribution in [0, 0.1) is 17.5 Å². The Labute approximate surface area is 122 Å². The number of anilines is 2. The van der Waals surface area contributed by atoms with Crippen molar-refractivity contribution in [1.82, 2.24) is 4.98 Å². The van der Waals surface area contributed by atoms with Crippen LogP contribution in [0.15, 0.2) is 30.3 Å². The summed E-state index contributed by atoms with van der Waals surface area (Å²) in [6.07, 6.45) is 0. The summed E-state index contributed by atoms with van der Waals surface area (Å²) in [5.74, 6) is -3.33. The van der Waals surface area contributed by atoms with Crippen LogP contribution < -0.4 is 10.1 Å². The second kappa shape index (κ2) is 5.25. The van der Waals surface area contributed by atoms with Crippen LogP contribution in [0.4, 0.5) is 24.0 Å². The molecule has 0 atom stereocenters. The lowest BCUT2D eigenvalue weighted by Crippen LogP contribution is -1.98. The molecule has 0 bridgehead atoms. The number of fused-ring (bicyclic) bond motifs is 1. The molecule has 21 heavy (non-hydrogen) atoms. The van der Waals surface area contributed by atoms with E-state index in [1.807, 2.05) is 0 Å². The van der Waals surface area contributed by atoms with Gasteiger partial charge in [0, 0.05) is 0 Å². The first-order valence-electron chi connectivity index (χ1n) is 5.93. The Balaban J connectivity index is 1.96. The lowest BCUT2D eigenvalue weighted by molar-refractivity contribution is 0.415. The molecule has 0 radical (unpaired) electrons. The smallest absolute Gasteiger partial charge is 0.196 e. The highest BCUT2D eigenvalue weighted by molar-refractivity contribution is 7.22. The fourth-order valence-corrected chi connectivity index (χ4v) is 2.73. The van der Waals surface area contributed by atoms with Gasteiger partial charge >= 0.3 is 0 Å². The first-order chi connectivity index (χ1) is 10.1. The standard InChI is InChI=1S/C14H9F3N2OS/c1-20-7-2-4-9-11(6-7)21-14(18-9)19-10-5-3-8(15)12(16)13(10)17/h2-6H,1H3,(H,18,19). The van der Waals surface area contributed by atoms with Crippen molar-refractivity contribution in [3.63, 3.8) is 0 Å². The molecule has 3 rings (SSSR count). The summed E-state index contributed by atoms with van der Waals surface area (Å²) in [5.41, 5.74) is 0.534. The van der Waals surface area contributed by atoms with Crippen LogP contribution >= 0.6 is 11.3 Å². The molecule has 0 aliphatic rings. The van der Waals surface area contributed by atoms with E-state index in [1.165, 1.54) is 11.3 Å². The zero-order valence-electron chi connectivity index (χ0n) is 10.8. The van der Waals surface area contributed by atoms with E-state index in [-0.39, 0.29) is 5.69 Å². The fourth-order valence-electron chi connectivity index (χ4n) is 1.82. The van der Waals surface area contributed by atoms with Gasteiger partial charge in [0.1, 0.15) is 5.75 Å². The fraction of sp³-hybridized carbons (Fsp3) is 0.0714. The number of methoxy groups -OCH3 is 1.